The molecule has 0 atom stereocenters. The summed E-state index contributed by atoms with van der Waals surface area (Å²) in [6, 6.07) is 69.5. The average Bonchev–Trinajstić information content (AvgIpc) is 4.11. The highest BCUT2D eigenvalue weighted by Gasteiger charge is 2.40. The van der Waals surface area contributed by atoms with Crippen molar-refractivity contribution < 1.29 is 0 Å². The molecule has 0 bridgehead atoms. The van der Waals surface area contributed by atoms with Gasteiger partial charge in [-0.2, -0.15) is 10.5 Å². The molecule has 9 aromatic carbocycles. The first-order valence-corrected chi connectivity index (χ1v) is 24.9. The monoisotopic (exact) mass is 945 g/mol. The van der Waals surface area contributed by atoms with Gasteiger partial charge in [0.25, 0.3) is 0 Å². The average molecular weight is 946 g/mol. The van der Waals surface area contributed by atoms with Crippen LogP contribution in [0.1, 0.15) is 61.1 Å². The van der Waals surface area contributed by atoms with Crippen LogP contribution in [0.2, 0.25) is 0 Å². The molecule has 0 amide bonds. The van der Waals surface area contributed by atoms with Crippen molar-refractivity contribution in [2.75, 3.05) is 0 Å². The fourth-order valence-electron chi connectivity index (χ4n) is 12.7. The number of aromatic nitrogens is 4. The Kier molecular flexibility index (Phi) is 9.04. The van der Waals surface area contributed by atoms with E-state index in [1.165, 1.54) is 44.5 Å². The highest BCUT2D eigenvalue weighted by atomic mass is 15.0. The number of fused-ring (bicyclic) bond motifs is 14. The number of para-hydroxylation sites is 2. The molecular weight excluding hydrogens is 903 g/mol. The molecule has 0 fully saturated rings. The van der Waals surface area contributed by atoms with Crippen molar-refractivity contribution in [1.29, 1.82) is 10.5 Å². The van der Waals surface area contributed by atoms with Crippen LogP contribution in [0.5, 0.6) is 0 Å². The molecule has 0 spiro atoms. The van der Waals surface area contributed by atoms with Crippen LogP contribution < -0.4 is 0 Å². The lowest BCUT2D eigenvalue weighted by molar-refractivity contribution is 0.663. The number of rotatable bonds is 5. The van der Waals surface area contributed by atoms with Crippen LogP contribution in [0.25, 0.3) is 116 Å². The van der Waals surface area contributed by atoms with Gasteiger partial charge in [-0.05, 0) is 86.5 Å². The Labute approximate surface area is 427 Å². The fraction of sp³-hybridized carbons (Fsp3) is 0.0896. The Morgan fingerprint density at radius 1 is 0.459 bits per heavy atom. The maximum atomic E-state index is 11.3. The Morgan fingerprint density at radius 2 is 0.946 bits per heavy atom. The van der Waals surface area contributed by atoms with Crippen molar-refractivity contribution in [1.82, 2.24) is 19.1 Å². The van der Waals surface area contributed by atoms with Gasteiger partial charge in [-0.1, -0.05) is 179 Å². The number of benzene rings is 9. The molecular formula is C67H43N7. The largest absolute Gasteiger partial charge is 0.319 e. The summed E-state index contributed by atoms with van der Waals surface area (Å²) in [5.74, 6) is 0.421. The molecule has 3 heterocycles. The molecule has 14 rings (SSSR count). The maximum Gasteiger partial charge on any atom is 0.211 e. The molecule has 2 aliphatic carbocycles. The maximum absolute atomic E-state index is 11.3. The summed E-state index contributed by atoms with van der Waals surface area (Å²) in [6.45, 7) is 17.9. The van der Waals surface area contributed by atoms with Gasteiger partial charge in [0.05, 0.1) is 57.0 Å². The Bertz CT molecular complexity index is 4320. The van der Waals surface area contributed by atoms with E-state index >= 15 is 0 Å². The molecule has 3 aromatic heterocycles. The molecule has 0 N–H and O–H groups in total. The minimum absolute atomic E-state index is 0.244. The summed E-state index contributed by atoms with van der Waals surface area (Å²) in [7, 11) is 0. The molecule has 7 heteroatoms. The highest BCUT2D eigenvalue weighted by Crippen LogP contribution is 2.55. The zero-order valence-corrected chi connectivity index (χ0v) is 41.0. The topological polar surface area (TPSA) is 87.6 Å². The number of hydrogen-bond donors (Lipinski definition) is 0. The first-order chi connectivity index (χ1) is 36.1. The first-order valence-electron chi connectivity index (χ1n) is 24.9. The van der Waals surface area contributed by atoms with E-state index in [1.807, 2.05) is 72.8 Å². The van der Waals surface area contributed by atoms with Crippen LogP contribution in [0.3, 0.4) is 0 Å². The molecule has 2 aliphatic rings. The van der Waals surface area contributed by atoms with Crippen LogP contribution in [0.15, 0.2) is 188 Å². The van der Waals surface area contributed by atoms with Crippen molar-refractivity contribution in [3.05, 3.63) is 233 Å². The predicted octanol–water partition coefficient (Wildman–Crippen LogP) is 16.6. The number of nitrogens with zero attached hydrogens (tertiary/aromatic N) is 7. The Morgan fingerprint density at radius 3 is 1.49 bits per heavy atom. The first kappa shape index (κ1) is 43.0. The third kappa shape index (κ3) is 5.80. The van der Waals surface area contributed by atoms with Gasteiger partial charge in [-0.15, -0.1) is 0 Å². The van der Waals surface area contributed by atoms with Gasteiger partial charge < -0.3 is 9.13 Å². The van der Waals surface area contributed by atoms with Crippen molar-refractivity contribution in [2.45, 2.75) is 38.5 Å². The lowest BCUT2D eigenvalue weighted by Crippen LogP contribution is -2.16. The summed E-state index contributed by atoms with van der Waals surface area (Å²) in [5, 5.41) is 26.9. The molecule has 12 aromatic rings. The van der Waals surface area contributed by atoms with E-state index < -0.39 is 0 Å². The zero-order valence-electron chi connectivity index (χ0n) is 41.0. The van der Waals surface area contributed by atoms with Gasteiger partial charge >= 0.3 is 0 Å². The number of hydrogen-bond acceptors (Lipinski definition) is 4. The lowest BCUT2D eigenvalue weighted by Gasteiger charge is -2.24. The standard InChI is InChI=1S/C67H43N7/c1-66(2)52-23-13-9-19-43(52)47-29-31-49-45-21-11-15-25-56(45)73(63(49)59(47)66)55-33-27-40(35-42(55)37-68)61-51(38-69)62(72-65(71-61)39-17-7-6-8-18-39)41-28-34-58(54(36-41)70-5)74-57-26-16-12-22-46(57)50-32-30-48-44-20-10-14-24-53(44)67(3,4)60(48)64(50)74/h6-36H,1-4H3. The third-order valence-corrected chi connectivity index (χ3v) is 16.0. The second kappa shape index (κ2) is 15.6. The second-order valence-corrected chi connectivity index (χ2v) is 20.6. The van der Waals surface area contributed by atoms with Crippen molar-refractivity contribution in [2.24, 2.45) is 0 Å². The van der Waals surface area contributed by atoms with Crippen LogP contribution in [-0.4, -0.2) is 19.1 Å². The van der Waals surface area contributed by atoms with E-state index in [1.54, 1.807) is 0 Å². The molecule has 0 radical (unpaired) electrons. The SMILES string of the molecule is [C-]#[N+]c1cc(-c2nc(-c3ccccc3)nc(-c3ccc(-n4c5ccccc5c5ccc6c(c54)C(C)(C)c4ccccc4-6)c(C#N)c3)c2C#N)ccc1-n1c2ccccc2c2ccc3c(c21)C(C)(C)c1ccccc1-3. The highest BCUT2D eigenvalue weighted by molar-refractivity contribution is 6.15. The van der Waals surface area contributed by atoms with Gasteiger partial charge in [-0.3, -0.25) is 0 Å². The molecule has 7 nitrogen and oxygen atoms in total. The van der Waals surface area contributed by atoms with Crippen LogP contribution in [0, 0.1) is 29.2 Å². The van der Waals surface area contributed by atoms with Crippen molar-refractivity contribution in [3.8, 4) is 79.7 Å². The van der Waals surface area contributed by atoms with Gasteiger partial charge in [0.15, 0.2) is 5.82 Å². The van der Waals surface area contributed by atoms with E-state index in [0.29, 0.717) is 39.6 Å². The van der Waals surface area contributed by atoms with E-state index in [2.05, 4.69) is 169 Å². The summed E-state index contributed by atoms with van der Waals surface area (Å²) in [5.41, 5.74) is 18.7. The summed E-state index contributed by atoms with van der Waals surface area (Å²) >= 11 is 0. The minimum atomic E-state index is -0.310. The predicted molar refractivity (Wildman–Crippen MR) is 298 cm³/mol. The van der Waals surface area contributed by atoms with Crippen LogP contribution in [-0.2, 0) is 10.8 Å². The van der Waals surface area contributed by atoms with Gasteiger partial charge in [0.2, 0.25) is 5.69 Å². The lowest BCUT2D eigenvalue weighted by atomic mass is 9.81. The molecule has 74 heavy (non-hydrogen) atoms. The van der Waals surface area contributed by atoms with Crippen molar-refractivity contribution in [3.63, 3.8) is 0 Å². The normalized spacial score (nSPS) is 13.6. The summed E-state index contributed by atoms with van der Waals surface area (Å²) < 4.78 is 4.51. The number of nitriles is 2. The van der Waals surface area contributed by atoms with Gasteiger partial charge in [0, 0.05) is 43.5 Å². The zero-order chi connectivity index (χ0) is 50.2. The Balaban J connectivity index is 0.967. The summed E-state index contributed by atoms with van der Waals surface area (Å²) in [6.07, 6.45) is 0. The van der Waals surface area contributed by atoms with Gasteiger partial charge in [-0.25, -0.2) is 14.8 Å². The molecule has 346 valence electrons. The van der Waals surface area contributed by atoms with E-state index in [4.69, 9.17) is 16.5 Å². The van der Waals surface area contributed by atoms with Crippen LogP contribution >= 0.6 is 0 Å². The van der Waals surface area contributed by atoms with Crippen LogP contribution in [0.4, 0.5) is 5.69 Å². The fourth-order valence-corrected chi connectivity index (χ4v) is 12.7. The molecule has 0 unspecified atom stereocenters. The second-order valence-electron chi connectivity index (χ2n) is 20.6. The molecule has 0 saturated carbocycles. The Hall–Kier alpha value is -9.87. The van der Waals surface area contributed by atoms with E-state index in [-0.39, 0.29) is 16.4 Å². The quantitative estimate of drug-likeness (QED) is 0.161. The summed E-state index contributed by atoms with van der Waals surface area (Å²) in [4.78, 5) is 14.5. The third-order valence-electron chi connectivity index (χ3n) is 16.0. The minimum Gasteiger partial charge on any atom is -0.319 e. The van der Waals surface area contributed by atoms with E-state index in [0.717, 1.165) is 60.5 Å². The van der Waals surface area contributed by atoms with E-state index in [9.17, 15) is 10.5 Å². The smallest absolute Gasteiger partial charge is 0.211 e. The molecule has 0 aliphatic heterocycles. The van der Waals surface area contributed by atoms with Crippen molar-refractivity contribution >= 4 is 49.3 Å². The molecule has 0 saturated heterocycles. The van der Waals surface area contributed by atoms with Gasteiger partial charge in [0.1, 0.15) is 17.7 Å².